The van der Waals surface area contributed by atoms with E-state index in [-0.39, 0.29) is 32.5 Å². The largest absolute Gasteiger partial charge is 0.309 e. The van der Waals surface area contributed by atoms with E-state index in [0.29, 0.717) is 0 Å². The first kappa shape index (κ1) is 56.5. The van der Waals surface area contributed by atoms with Crippen LogP contribution in [0.1, 0.15) is 158 Å². The highest BCUT2D eigenvalue weighted by Gasteiger charge is 2.30. The number of hydrogen-bond donors (Lipinski definition) is 0. The third kappa shape index (κ3) is 9.98. The number of aromatic nitrogens is 1. The van der Waals surface area contributed by atoms with E-state index in [4.69, 9.17) is 0 Å². The molecule has 0 saturated heterocycles. The summed E-state index contributed by atoms with van der Waals surface area (Å²) in [7, 11) is 0. The molecule has 0 aliphatic carbocycles. The van der Waals surface area contributed by atoms with Crippen LogP contribution in [-0.4, -0.2) is 4.57 Å². The Labute approximate surface area is 501 Å². The first-order valence-electron chi connectivity index (χ1n) is 30.7. The zero-order valence-electron chi connectivity index (χ0n) is 53.4. The van der Waals surface area contributed by atoms with Gasteiger partial charge in [-0.25, -0.2) is 0 Å². The normalized spacial score (nSPS) is 13.1. The van der Waals surface area contributed by atoms with Crippen LogP contribution in [0.5, 0.6) is 0 Å². The number of fused-ring (bicyclic) bond motifs is 3. The smallest absolute Gasteiger partial charge is 0.0541 e. The highest BCUT2D eigenvalue weighted by atomic mass is 15.1. The van der Waals surface area contributed by atoms with Gasteiger partial charge in [-0.05, 0) is 170 Å². The van der Waals surface area contributed by atoms with Gasteiger partial charge in [0, 0.05) is 32.7 Å². The van der Waals surface area contributed by atoms with Crippen molar-refractivity contribution in [2.45, 2.75) is 157 Å². The molecule has 0 saturated carbocycles. The molecule has 0 aliphatic rings. The first-order valence-corrected chi connectivity index (χ1v) is 30.7. The van der Waals surface area contributed by atoms with Gasteiger partial charge in [-0.1, -0.05) is 258 Å². The molecule has 0 fully saturated rings. The van der Waals surface area contributed by atoms with Crippen LogP contribution in [-0.2, 0) is 32.5 Å². The minimum atomic E-state index is -0.111. The van der Waals surface area contributed by atoms with Crippen molar-refractivity contribution in [2.75, 3.05) is 4.90 Å². The summed E-state index contributed by atoms with van der Waals surface area (Å²) in [6, 6.07) is 75.8. The molecule has 12 aromatic rings. The van der Waals surface area contributed by atoms with E-state index < -0.39 is 0 Å². The molecule has 0 radical (unpaired) electrons. The van der Waals surface area contributed by atoms with Gasteiger partial charge in [0.2, 0.25) is 0 Å². The van der Waals surface area contributed by atoms with Gasteiger partial charge in [-0.2, -0.15) is 0 Å². The third-order valence-electron chi connectivity index (χ3n) is 18.1. The molecule has 11 aromatic carbocycles. The predicted octanol–water partition coefficient (Wildman–Crippen LogP) is 23.9. The lowest BCUT2D eigenvalue weighted by molar-refractivity contribution is 0.590. The van der Waals surface area contributed by atoms with Crippen molar-refractivity contribution in [1.82, 2.24) is 4.57 Å². The predicted molar refractivity (Wildman–Crippen MR) is 368 cm³/mol. The summed E-state index contributed by atoms with van der Waals surface area (Å²) in [5, 5.41) is 10.1. The molecule has 0 bridgehead atoms. The van der Waals surface area contributed by atoms with Gasteiger partial charge in [-0.3, -0.25) is 0 Å². The van der Waals surface area contributed by atoms with Crippen molar-refractivity contribution in [3.05, 3.63) is 228 Å². The Balaban J connectivity index is 1.18. The summed E-state index contributed by atoms with van der Waals surface area (Å²) in [5.74, 6) is 0. The minimum absolute atomic E-state index is 0.00622. The maximum atomic E-state index is 2.63. The summed E-state index contributed by atoms with van der Waals surface area (Å²) >= 11 is 0. The van der Waals surface area contributed by atoms with E-state index in [2.05, 4.69) is 328 Å². The lowest BCUT2D eigenvalue weighted by Crippen LogP contribution is -2.17. The summed E-state index contributed by atoms with van der Waals surface area (Å²) in [6.45, 7) is 41.8. The zero-order valence-corrected chi connectivity index (χ0v) is 53.4. The lowest BCUT2D eigenvalue weighted by Gasteiger charge is -2.34. The van der Waals surface area contributed by atoms with Gasteiger partial charge in [0.05, 0.1) is 33.8 Å². The molecule has 0 unspecified atom stereocenters. The molecule has 0 N–H and O–H groups in total. The van der Waals surface area contributed by atoms with E-state index >= 15 is 0 Å². The van der Waals surface area contributed by atoms with Crippen LogP contribution in [0.2, 0.25) is 0 Å². The average Bonchev–Trinajstić information content (AvgIpc) is 1.31. The van der Waals surface area contributed by atoms with E-state index in [1.54, 1.807) is 0 Å². The van der Waals surface area contributed by atoms with E-state index in [0.717, 1.165) is 17.1 Å². The first-order chi connectivity index (χ1) is 39.4. The molecule has 2 nitrogen and oxygen atoms in total. The van der Waals surface area contributed by atoms with Crippen LogP contribution in [0, 0.1) is 0 Å². The lowest BCUT2D eigenvalue weighted by atomic mass is 9.82. The maximum absolute atomic E-state index is 2.63. The second-order valence-corrected chi connectivity index (χ2v) is 30.4. The maximum Gasteiger partial charge on any atom is 0.0541 e. The fourth-order valence-electron chi connectivity index (χ4n) is 12.9. The second kappa shape index (κ2) is 19.8. The Bertz CT molecular complexity index is 4430. The van der Waals surface area contributed by atoms with Gasteiger partial charge < -0.3 is 9.47 Å². The van der Waals surface area contributed by atoms with Crippen LogP contribution in [0.4, 0.5) is 17.1 Å². The minimum Gasteiger partial charge on any atom is -0.309 e. The monoisotopic (exact) mass is 1100 g/mol. The molecule has 2 heteroatoms. The second-order valence-electron chi connectivity index (χ2n) is 30.4. The Morgan fingerprint density at radius 3 is 1.11 bits per heavy atom. The Morgan fingerprint density at radius 1 is 0.262 bits per heavy atom. The Morgan fingerprint density at radius 2 is 0.619 bits per heavy atom. The van der Waals surface area contributed by atoms with Gasteiger partial charge in [-0.15, -0.1) is 0 Å². The van der Waals surface area contributed by atoms with Crippen molar-refractivity contribution in [3.8, 4) is 39.1 Å². The van der Waals surface area contributed by atoms with Crippen molar-refractivity contribution in [2.24, 2.45) is 0 Å². The van der Waals surface area contributed by atoms with Crippen LogP contribution < -0.4 is 4.90 Å². The molecule has 1 heterocycles. The summed E-state index contributed by atoms with van der Waals surface area (Å²) in [4.78, 5) is 2.63. The van der Waals surface area contributed by atoms with E-state index in [9.17, 15) is 0 Å². The molecule has 0 amide bonds. The van der Waals surface area contributed by atoms with Crippen LogP contribution in [0.15, 0.2) is 194 Å². The van der Waals surface area contributed by atoms with Crippen LogP contribution in [0.3, 0.4) is 0 Å². The molecule has 12 rings (SSSR count). The molecule has 0 atom stereocenters. The van der Waals surface area contributed by atoms with Gasteiger partial charge >= 0.3 is 0 Å². The van der Waals surface area contributed by atoms with Crippen molar-refractivity contribution < 1.29 is 0 Å². The number of benzene rings is 11. The molecule has 1 aromatic heterocycles. The fraction of sp³-hybridized carbons (Fsp3) is 0.293. The highest BCUT2D eigenvalue weighted by Crippen LogP contribution is 2.52. The molecule has 0 aliphatic heterocycles. The molecular formula is C82H86N2. The summed E-state index contributed by atoms with van der Waals surface area (Å²) in [6.07, 6.45) is 0. The van der Waals surface area contributed by atoms with Gasteiger partial charge in [0.15, 0.2) is 0 Å². The topological polar surface area (TPSA) is 8.17 Å². The molecule has 424 valence electrons. The highest BCUT2D eigenvalue weighted by molar-refractivity contribution is 6.28. The summed E-state index contributed by atoms with van der Waals surface area (Å²) < 4.78 is 2.55. The van der Waals surface area contributed by atoms with Crippen molar-refractivity contribution in [1.29, 1.82) is 0 Å². The number of hydrogen-bond acceptors (Lipinski definition) is 1. The van der Waals surface area contributed by atoms with E-state index in [1.807, 2.05) is 0 Å². The van der Waals surface area contributed by atoms with E-state index in [1.165, 1.54) is 127 Å². The molecule has 0 spiro atoms. The summed E-state index contributed by atoms with van der Waals surface area (Å²) in [5.41, 5.74) is 22.0. The van der Waals surface area contributed by atoms with Crippen molar-refractivity contribution >= 4 is 71.2 Å². The molecule has 84 heavy (non-hydrogen) atoms. The zero-order chi connectivity index (χ0) is 59.8. The Kier molecular flexibility index (Phi) is 13.4. The van der Waals surface area contributed by atoms with Gasteiger partial charge in [0.1, 0.15) is 0 Å². The molecular weight excluding hydrogens is 1010 g/mol. The van der Waals surface area contributed by atoms with Gasteiger partial charge in [0.25, 0.3) is 0 Å². The number of rotatable bonds is 7. The Hall–Kier alpha value is -7.94. The number of nitrogens with zero attached hydrogens (tertiary/aromatic N) is 2. The third-order valence-corrected chi connectivity index (χ3v) is 18.1. The number of anilines is 3. The fourth-order valence-corrected chi connectivity index (χ4v) is 12.9. The SMILES string of the molecule is CC(C)(C)c1ccc(-c2ccccc2-c2cc(C(C)(C)C)ccc2N(c2ccc(C(C)(C)C)cc2-c2ccc(C(C)(C)C)cc2)c2ccc3ccc4c(-n5c6ccc(C(C)(C)C)cc6c6cc(C(C)(C)C)ccc65)ccc5ccc2c3c54)cc1. The van der Waals surface area contributed by atoms with Crippen molar-refractivity contribution in [3.63, 3.8) is 0 Å². The quantitative estimate of drug-likeness (QED) is 0.144. The van der Waals surface area contributed by atoms with Crippen LogP contribution in [0.25, 0.3) is 93.2 Å². The average molecular weight is 1100 g/mol. The van der Waals surface area contributed by atoms with Crippen LogP contribution >= 0.6 is 0 Å². The standard InChI is InChI=1S/C82H86N2/c1-77(2,3)55-31-23-51(24-32-55)61-21-19-20-22-62(61)66-48-58(80(10,11)12)36-44-72(66)83(71-43-35-57(79(7,8)9)47-65(71)52-25-33-56(34-26-52)78(4,5)6)69-41-29-53-28-40-64-70(42-30-54-27-39-63(69)75(53)76(54)64)84-73-45-37-59(81(13,14)15)49-67(73)68-50-60(82(16,17)18)38-46-74(68)84/h19-50H,1-18H3.